The van der Waals surface area contributed by atoms with Gasteiger partial charge in [-0.25, -0.2) is 0 Å². The van der Waals surface area contributed by atoms with Crippen LogP contribution in [0.25, 0.3) is 0 Å². The monoisotopic (exact) mass is 213 g/mol. The Kier molecular flexibility index (Phi) is 5.09. The van der Waals surface area contributed by atoms with E-state index < -0.39 is 0 Å². The number of methoxy groups -OCH3 is 1. The Morgan fingerprint density at radius 3 is 2.67 bits per heavy atom. The molecule has 0 aromatic rings. The zero-order valence-electron chi connectivity index (χ0n) is 10.1. The first kappa shape index (κ1) is 12.5. The van der Waals surface area contributed by atoms with Gasteiger partial charge < -0.3 is 10.1 Å². The standard InChI is InChI=1S/C12H23NO2/c1-4-5-6-11(12(14)15-3)13-9(2)10-7-8-10/h9-11,13H,4-8H2,1-3H3. The Morgan fingerprint density at radius 1 is 1.53 bits per heavy atom. The van der Waals surface area contributed by atoms with Crippen LogP contribution in [0.5, 0.6) is 0 Å². The second-order valence-electron chi connectivity index (χ2n) is 4.51. The van der Waals surface area contributed by atoms with Crippen LogP contribution in [0.4, 0.5) is 0 Å². The van der Waals surface area contributed by atoms with E-state index >= 15 is 0 Å². The molecule has 1 rings (SSSR count). The summed E-state index contributed by atoms with van der Waals surface area (Å²) in [5, 5.41) is 3.39. The summed E-state index contributed by atoms with van der Waals surface area (Å²) in [5.41, 5.74) is 0. The van der Waals surface area contributed by atoms with Crippen molar-refractivity contribution in [1.29, 1.82) is 0 Å². The summed E-state index contributed by atoms with van der Waals surface area (Å²) in [6.07, 6.45) is 5.68. The van der Waals surface area contributed by atoms with Crippen molar-refractivity contribution >= 4 is 5.97 Å². The molecule has 0 bridgehead atoms. The van der Waals surface area contributed by atoms with Gasteiger partial charge in [-0.05, 0) is 32.1 Å². The van der Waals surface area contributed by atoms with Crippen molar-refractivity contribution in [1.82, 2.24) is 5.32 Å². The topological polar surface area (TPSA) is 38.3 Å². The minimum absolute atomic E-state index is 0.106. The van der Waals surface area contributed by atoms with Gasteiger partial charge in [0, 0.05) is 6.04 Å². The summed E-state index contributed by atoms with van der Waals surface area (Å²) in [4.78, 5) is 11.5. The normalized spacial score (nSPS) is 19.7. The Labute approximate surface area is 92.6 Å². The second-order valence-corrected chi connectivity index (χ2v) is 4.51. The minimum atomic E-state index is -0.115. The third-order valence-corrected chi connectivity index (χ3v) is 3.13. The van der Waals surface area contributed by atoms with Crippen LogP contribution in [0.2, 0.25) is 0 Å². The number of hydrogen-bond donors (Lipinski definition) is 1. The van der Waals surface area contributed by atoms with Crippen molar-refractivity contribution in [2.75, 3.05) is 7.11 Å². The smallest absolute Gasteiger partial charge is 0.322 e. The zero-order valence-corrected chi connectivity index (χ0v) is 10.1. The van der Waals surface area contributed by atoms with Crippen molar-refractivity contribution in [2.45, 2.75) is 58.0 Å². The summed E-state index contributed by atoms with van der Waals surface area (Å²) in [5.74, 6) is 0.662. The van der Waals surface area contributed by atoms with Gasteiger partial charge in [0.25, 0.3) is 0 Å². The average Bonchev–Trinajstić information content (AvgIpc) is 3.06. The van der Waals surface area contributed by atoms with Gasteiger partial charge in [0.1, 0.15) is 6.04 Å². The number of hydrogen-bond acceptors (Lipinski definition) is 3. The summed E-state index contributed by atoms with van der Waals surface area (Å²) in [6.45, 7) is 4.30. The zero-order chi connectivity index (χ0) is 11.3. The summed E-state index contributed by atoms with van der Waals surface area (Å²) in [7, 11) is 1.46. The van der Waals surface area contributed by atoms with Gasteiger partial charge in [-0.1, -0.05) is 19.8 Å². The lowest BCUT2D eigenvalue weighted by atomic mass is 10.1. The molecule has 1 fully saturated rings. The summed E-state index contributed by atoms with van der Waals surface area (Å²) < 4.78 is 4.81. The fourth-order valence-corrected chi connectivity index (χ4v) is 1.87. The number of rotatable bonds is 7. The van der Waals surface area contributed by atoms with Crippen LogP contribution in [0.1, 0.15) is 46.0 Å². The Hall–Kier alpha value is -0.570. The lowest BCUT2D eigenvalue weighted by molar-refractivity contribution is -0.143. The van der Waals surface area contributed by atoms with E-state index in [0.29, 0.717) is 6.04 Å². The highest BCUT2D eigenvalue weighted by Gasteiger charge is 2.31. The predicted octanol–water partition coefficient (Wildman–Crippen LogP) is 2.11. The molecule has 0 saturated heterocycles. The highest BCUT2D eigenvalue weighted by Crippen LogP contribution is 2.32. The molecule has 0 spiro atoms. The quantitative estimate of drug-likeness (QED) is 0.658. The molecular formula is C12H23NO2. The number of nitrogens with one attached hydrogen (secondary N) is 1. The number of carbonyl (C=O) groups is 1. The molecule has 2 unspecified atom stereocenters. The maximum atomic E-state index is 11.5. The highest BCUT2D eigenvalue weighted by molar-refractivity contribution is 5.75. The summed E-state index contributed by atoms with van der Waals surface area (Å²) in [6, 6.07) is 0.344. The molecule has 0 heterocycles. The Morgan fingerprint density at radius 2 is 2.20 bits per heavy atom. The molecule has 15 heavy (non-hydrogen) atoms. The van der Waals surface area contributed by atoms with E-state index in [4.69, 9.17) is 4.74 Å². The van der Waals surface area contributed by atoms with Gasteiger partial charge in [-0.3, -0.25) is 4.79 Å². The van der Waals surface area contributed by atoms with Crippen LogP contribution < -0.4 is 5.32 Å². The molecule has 0 aromatic heterocycles. The lowest BCUT2D eigenvalue weighted by Gasteiger charge is -2.21. The number of unbranched alkanes of at least 4 members (excludes halogenated alkanes) is 1. The van der Waals surface area contributed by atoms with E-state index in [1.54, 1.807) is 0 Å². The highest BCUT2D eigenvalue weighted by atomic mass is 16.5. The van der Waals surface area contributed by atoms with Crippen LogP contribution >= 0.6 is 0 Å². The molecule has 3 nitrogen and oxygen atoms in total. The first-order chi connectivity index (χ1) is 7.19. The molecule has 88 valence electrons. The fourth-order valence-electron chi connectivity index (χ4n) is 1.87. The molecule has 2 atom stereocenters. The largest absolute Gasteiger partial charge is 0.468 e. The van der Waals surface area contributed by atoms with Crippen LogP contribution in [-0.4, -0.2) is 25.2 Å². The van der Waals surface area contributed by atoms with E-state index in [9.17, 15) is 4.79 Å². The Bertz CT molecular complexity index is 202. The maximum absolute atomic E-state index is 11.5. The lowest BCUT2D eigenvalue weighted by Crippen LogP contribution is -2.43. The maximum Gasteiger partial charge on any atom is 0.322 e. The van der Waals surface area contributed by atoms with Crippen LogP contribution in [0.15, 0.2) is 0 Å². The molecule has 3 heteroatoms. The SMILES string of the molecule is CCCCC(NC(C)C1CC1)C(=O)OC. The third kappa shape index (κ3) is 4.20. The van der Waals surface area contributed by atoms with Crippen LogP contribution in [-0.2, 0) is 9.53 Å². The first-order valence-electron chi connectivity index (χ1n) is 6.03. The van der Waals surface area contributed by atoms with Gasteiger partial charge >= 0.3 is 5.97 Å². The molecule has 0 amide bonds. The van der Waals surface area contributed by atoms with Crippen molar-refractivity contribution in [3.8, 4) is 0 Å². The number of carbonyl (C=O) groups excluding carboxylic acids is 1. The molecule has 1 aliphatic rings. The molecule has 0 radical (unpaired) electrons. The van der Waals surface area contributed by atoms with Crippen molar-refractivity contribution in [3.05, 3.63) is 0 Å². The van der Waals surface area contributed by atoms with E-state index in [0.717, 1.165) is 25.2 Å². The van der Waals surface area contributed by atoms with E-state index in [2.05, 4.69) is 19.2 Å². The number of ether oxygens (including phenoxy) is 1. The van der Waals surface area contributed by atoms with Crippen molar-refractivity contribution < 1.29 is 9.53 Å². The average molecular weight is 213 g/mol. The summed E-state index contributed by atoms with van der Waals surface area (Å²) >= 11 is 0. The Balaban J connectivity index is 2.35. The van der Waals surface area contributed by atoms with E-state index in [1.165, 1.54) is 20.0 Å². The molecule has 1 aliphatic carbocycles. The third-order valence-electron chi connectivity index (χ3n) is 3.13. The van der Waals surface area contributed by atoms with Crippen molar-refractivity contribution in [2.24, 2.45) is 5.92 Å². The van der Waals surface area contributed by atoms with Crippen LogP contribution in [0, 0.1) is 5.92 Å². The van der Waals surface area contributed by atoms with Gasteiger partial charge in [-0.15, -0.1) is 0 Å². The van der Waals surface area contributed by atoms with Crippen molar-refractivity contribution in [3.63, 3.8) is 0 Å². The van der Waals surface area contributed by atoms with Gasteiger partial charge in [-0.2, -0.15) is 0 Å². The number of esters is 1. The molecule has 0 aliphatic heterocycles. The van der Waals surface area contributed by atoms with Gasteiger partial charge in [0.2, 0.25) is 0 Å². The van der Waals surface area contributed by atoms with E-state index in [1.807, 2.05) is 0 Å². The second kappa shape index (κ2) is 6.11. The first-order valence-corrected chi connectivity index (χ1v) is 6.03. The molecule has 1 N–H and O–H groups in total. The van der Waals surface area contributed by atoms with E-state index in [-0.39, 0.29) is 12.0 Å². The molecule has 0 aromatic carbocycles. The minimum Gasteiger partial charge on any atom is -0.468 e. The fraction of sp³-hybridized carbons (Fsp3) is 0.917. The predicted molar refractivity (Wildman–Crippen MR) is 60.7 cm³/mol. The van der Waals surface area contributed by atoms with Gasteiger partial charge in [0.05, 0.1) is 7.11 Å². The molecule has 1 saturated carbocycles. The molecular weight excluding hydrogens is 190 g/mol. The van der Waals surface area contributed by atoms with Crippen LogP contribution in [0.3, 0.4) is 0 Å². The van der Waals surface area contributed by atoms with Gasteiger partial charge in [0.15, 0.2) is 0 Å².